The molecule has 3 aliphatic rings. The third-order valence-corrected chi connectivity index (χ3v) is 7.62. The van der Waals surface area contributed by atoms with Crippen LogP contribution in [0.2, 0.25) is 0 Å². The average Bonchev–Trinajstić information content (AvgIpc) is 3.31. The molecule has 1 aliphatic carbocycles. The molecule has 5 rings (SSSR count). The lowest BCUT2D eigenvalue weighted by molar-refractivity contribution is -0.139. The van der Waals surface area contributed by atoms with Crippen molar-refractivity contribution in [2.24, 2.45) is 17.8 Å². The van der Waals surface area contributed by atoms with Crippen molar-refractivity contribution in [2.75, 3.05) is 16.3 Å². The van der Waals surface area contributed by atoms with Crippen molar-refractivity contribution in [2.45, 2.75) is 47.0 Å². The highest BCUT2D eigenvalue weighted by Gasteiger charge is 2.49. The third-order valence-electron chi connectivity index (χ3n) is 7.62. The molecule has 2 heterocycles. The molecule has 0 N–H and O–H groups in total. The number of hydrogen-bond acceptors (Lipinski definition) is 5. The summed E-state index contributed by atoms with van der Waals surface area (Å²) < 4.78 is 5.64. The Morgan fingerprint density at radius 3 is 2.28 bits per heavy atom. The van der Waals surface area contributed by atoms with Crippen molar-refractivity contribution in [3.05, 3.63) is 64.7 Å². The fraction of sp³-hybridized carbons (Fsp3) is 0.379. The van der Waals surface area contributed by atoms with Gasteiger partial charge in [-0.25, -0.2) is 4.90 Å². The molecule has 0 bridgehead atoms. The van der Waals surface area contributed by atoms with Crippen molar-refractivity contribution >= 4 is 35.1 Å². The number of nitrogens with zero attached hydrogens (tertiary/aromatic N) is 2. The van der Waals surface area contributed by atoms with E-state index in [2.05, 4.69) is 0 Å². The van der Waals surface area contributed by atoms with E-state index in [-0.39, 0.29) is 42.5 Å². The van der Waals surface area contributed by atoms with E-state index >= 15 is 0 Å². The highest BCUT2D eigenvalue weighted by atomic mass is 16.5. The molecule has 0 aromatic heterocycles. The lowest BCUT2D eigenvalue weighted by Gasteiger charge is -2.21. The number of aryl methyl sites for hydroxylation is 3. The van der Waals surface area contributed by atoms with Gasteiger partial charge in [-0.3, -0.25) is 19.2 Å². The molecule has 0 saturated carbocycles. The van der Waals surface area contributed by atoms with Gasteiger partial charge >= 0.3 is 5.97 Å². The molecule has 2 saturated heterocycles. The fourth-order valence-electron chi connectivity index (χ4n) is 5.73. The van der Waals surface area contributed by atoms with Crippen LogP contribution in [0.15, 0.2) is 48.0 Å². The second-order valence-corrected chi connectivity index (χ2v) is 10.2. The minimum atomic E-state index is -0.572. The molecule has 186 valence electrons. The van der Waals surface area contributed by atoms with Crippen molar-refractivity contribution < 1.29 is 23.9 Å². The number of carbonyl (C=O) groups excluding carboxylic acids is 4. The van der Waals surface area contributed by atoms with Crippen molar-refractivity contribution in [3.8, 4) is 5.75 Å². The van der Waals surface area contributed by atoms with Crippen LogP contribution in [0, 0.1) is 38.5 Å². The van der Waals surface area contributed by atoms with Crippen LogP contribution in [-0.4, -0.2) is 30.2 Å². The van der Waals surface area contributed by atoms with Gasteiger partial charge in [-0.1, -0.05) is 29.8 Å². The number of benzene rings is 2. The Balaban J connectivity index is 1.30. The zero-order valence-corrected chi connectivity index (χ0v) is 21.0. The summed E-state index contributed by atoms with van der Waals surface area (Å²) in [6.45, 7) is 7.96. The van der Waals surface area contributed by atoms with Crippen LogP contribution in [0.5, 0.6) is 5.75 Å². The van der Waals surface area contributed by atoms with E-state index < -0.39 is 11.9 Å². The van der Waals surface area contributed by atoms with Crippen LogP contribution in [0.25, 0.3) is 0 Å². The van der Waals surface area contributed by atoms with Crippen molar-refractivity contribution in [1.82, 2.24) is 0 Å². The van der Waals surface area contributed by atoms with Gasteiger partial charge in [0.1, 0.15) is 5.75 Å². The molecule has 36 heavy (non-hydrogen) atoms. The predicted octanol–water partition coefficient (Wildman–Crippen LogP) is 4.42. The number of ether oxygens (including phenoxy) is 1. The molecule has 2 aromatic rings. The third kappa shape index (κ3) is 4.02. The fourth-order valence-corrected chi connectivity index (χ4v) is 5.73. The van der Waals surface area contributed by atoms with Gasteiger partial charge in [0.2, 0.25) is 17.7 Å². The molecule has 3 amide bonds. The molecule has 0 unspecified atom stereocenters. The van der Waals surface area contributed by atoms with Gasteiger partial charge in [-0.15, -0.1) is 0 Å². The molecule has 0 radical (unpaired) electrons. The second-order valence-electron chi connectivity index (χ2n) is 10.2. The van der Waals surface area contributed by atoms with Gasteiger partial charge in [0, 0.05) is 18.7 Å². The van der Waals surface area contributed by atoms with E-state index in [1.54, 1.807) is 30.0 Å². The number of carbonyl (C=O) groups is 4. The first-order chi connectivity index (χ1) is 17.2. The lowest BCUT2D eigenvalue weighted by Crippen LogP contribution is -2.31. The van der Waals surface area contributed by atoms with Gasteiger partial charge < -0.3 is 9.64 Å². The number of fused-ring (bicyclic) bond motifs is 1. The minimum absolute atomic E-state index is 0.0939. The zero-order chi connectivity index (χ0) is 25.7. The number of anilines is 2. The molecule has 2 fully saturated rings. The number of hydrogen-bond donors (Lipinski definition) is 0. The molecule has 7 nitrogen and oxygen atoms in total. The van der Waals surface area contributed by atoms with E-state index in [9.17, 15) is 19.2 Å². The van der Waals surface area contributed by atoms with Gasteiger partial charge in [-0.05, 0) is 75.4 Å². The molecule has 2 aromatic carbocycles. The first-order valence-corrected chi connectivity index (χ1v) is 12.4. The van der Waals surface area contributed by atoms with Crippen LogP contribution < -0.4 is 14.5 Å². The first kappa shape index (κ1) is 24.0. The van der Waals surface area contributed by atoms with E-state index in [1.807, 2.05) is 45.0 Å². The largest absolute Gasteiger partial charge is 0.426 e. The van der Waals surface area contributed by atoms with E-state index in [1.165, 1.54) is 4.90 Å². The standard InChI is InChI=1S/C29H30N2O5/c1-16-8-10-22-23(12-16)28(34)31(27(22)33)24-11-9-21(13-19(24)4)36-29(35)20-14-25(32)30(15-20)26-17(2)6-5-7-18(26)3/h5-9,11,13,20,22-23H,10,12,14-15H2,1-4H3/t20-,22-,23-/m0/s1. The quantitative estimate of drug-likeness (QED) is 0.277. The second kappa shape index (κ2) is 9.04. The van der Waals surface area contributed by atoms with E-state index in [0.717, 1.165) is 22.4 Å². The maximum atomic E-state index is 13.1. The number of esters is 1. The van der Waals surface area contributed by atoms with Crippen LogP contribution in [0.3, 0.4) is 0 Å². The van der Waals surface area contributed by atoms with Crippen LogP contribution in [0.1, 0.15) is 42.9 Å². The van der Waals surface area contributed by atoms with E-state index in [0.29, 0.717) is 29.8 Å². The average molecular weight is 487 g/mol. The normalized spacial score (nSPS) is 23.7. The van der Waals surface area contributed by atoms with Crippen LogP contribution in [-0.2, 0) is 19.2 Å². The Morgan fingerprint density at radius 2 is 1.58 bits per heavy atom. The summed E-state index contributed by atoms with van der Waals surface area (Å²) in [5.41, 5.74) is 5.16. The number of rotatable bonds is 4. The van der Waals surface area contributed by atoms with Crippen molar-refractivity contribution in [1.29, 1.82) is 0 Å². The Kier molecular flexibility index (Phi) is 6.02. The topological polar surface area (TPSA) is 84.0 Å². The first-order valence-electron chi connectivity index (χ1n) is 12.4. The highest BCUT2D eigenvalue weighted by Crippen LogP contribution is 2.41. The Hall–Kier alpha value is -3.74. The number of imide groups is 1. The van der Waals surface area contributed by atoms with Crippen LogP contribution >= 0.6 is 0 Å². The maximum Gasteiger partial charge on any atom is 0.316 e. The lowest BCUT2D eigenvalue weighted by atomic mass is 9.82. The predicted molar refractivity (Wildman–Crippen MR) is 136 cm³/mol. The van der Waals surface area contributed by atoms with Crippen molar-refractivity contribution in [3.63, 3.8) is 0 Å². The van der Waals surface area contributed by atoms with Gasteiger partial charge in [0.25, 0.3) is 0 Å². The molecule has 0 spiro atoms. The molecule has 3 atom stereocenters. The Bertz CT molecular complexity index is 1310. The summed E-state index contributed by atoms with van der Waals surface area (Å²) in [7, 11) is 0. The minimum Gasteiger partial charge on any atom is -0.426 e. The molecule has 7 heteroatoms. The summed E-state index contributed by atoms with van der Waals surface area (Å²) in [6, 6.07) is 10.8. The maximum absolute atomic E-state index is 13.1. The molecular formula is C29H30N2O5. The summed E-state index contributed by atoms with van der Waals surface area (Å²) in [6.07, 6.45) is 3.34. The number of amides is 3. The monoisotopic (exact) mass is 486 g/mol. The number of para-hydroxylation sites is 1. The van der Waals surface area contributed by atoms with E-state index in [4.69, 9.17) is 4.74 Å². The zero-order valence-electron chi connectivity index (χ0n) is 21.0. The van der Waals surface area contributed by atoms with Gasteiger partial charge in [0.15, 0.2) is 0 Å². The molecular weight excluding hydrogens is 456 g/mol. The van der Waals surface area contributed by atoms with Crippen LogP contribution in [0.4, 0.5) is 11.4 Å². The van der Waals surface area contributed by atoms with Gasteiger partial charge in [0.05, 0.1) is 23.4 Å². The summed E-state index contributed by atoms with van der Waals surface area (Å²) in [4.78, 5) is 54.7. The SMILES string of the molecule is CC1=CC[C@@H]2C(=O)N(c3ccc(OC(=O)[C@H]4CC(=O)N(c5c(C)cccc5C)C4)cc3C)C(=O)[C@H]2C1. The summed E-state index contributed by atoms with van der Waals surface area (Å²) in [5.74, 6) is -1.76. The number of allylic oxidation sites excluding steroid dienone is 2. The summed E-state index contributed by atoms with van der Waals surface area (Å²) >= 11 is 0. The molecule has 2 aliphatic heterocycles. The highest BCUT2D eigenvalue weighted by molar-refractivity contribution is 6.22. The summed E-state index contributed by atoms with van der Waals surface area (Å²) in [5, 5.41) is 0. The Labute approximate surface area is 210 Å². The Morgan fingerprint density at radius 1 is 0.889 bits per heavy atom. The van der Waals surface area contributed by atoms with Gasteiger partial charge in [-0.2, -0.15) is 0 Å². The smallest absolute Gasteiger partial charge is 0.316 e.